The Morgan fingerprint density at radius 3 is 2.59 bits per heavy atom. The summed E-state index contributed by atoms with van der Waals surface area (Å²) in [7, 11) is 1.30. The average Bonchev–Trinajstić information content (AvgIpc) is 2.78. The Morgan fingerprint density at radius 1 is 1.31 bits per heavy atom. The fourth-order valence-corrected chi connectivity index (χ4v) is 4.35. The molecule has 4 nitrogen and oxygen atoms in total. The molecule has 0 unspecified atom stereocenters. The van der Waals surface area contributed by atoms with Gasteiger partial charge in [-0.3, -0.25) is 9.88 Å². The van der Waals surface area contributed by atoms with Gasteiger partial charge in [-0.1, -0.05) is 47.5 Å². The van der Waals surface area contributed by atoms with Crippen LogP contribution in [0.3, 0.4) is 0 Å². The molecule has 0 N–H and O–H groups in total. The van der Waals surface area contributed by atoms with Crippen LogP contribution >= 0.6 is 15.9 Å². The third kappa shape index (κ3) is 6.36. The van der Waals surface area contributed by atoms with Crippen molar-refractivity contribution in [2.24, 2.45) is 0 Å². The van der Waals surface area contributed by atoms with E-state index in [0.717, 1.165) is 52.9 Å². The zero-order chi connectivity index (χ0) is 23.8. The number of esters is 1. The van der Waals surface area contributed by atoms with Crippen LogP contribution in [0.1, 0.15) is 59.9 Å². The molecule has 0 radical (unpaired) electrons. The largest absolute Gasteiger partial charge is 0.465 e. The van der Waals surface area contributed by atoms with Gasteiger partial charge in [-0.2, -0.15) is 0 Å². The molecule has 0 atom stereocenters. The van der Waals surface area contributed by atoms with E-state index >= 15 is 0 Å². The van der Waals surface area contributed by atoms with E-state index in [1.807, 2.05) is 33.8 Å². The van der Waals surface area contributed by atoms with E-state index in [1.165, 1.54) is 18.7 Å². The van der Waals surface area contributed by atoms with Crippen LogP contribution in [0.25, 0.3) is 11.6 Å². The van der Waals surface area contributed by atoms with Gasteiger partial charge in [0.05, 0.1) is 12.7 Å². The predicted octanol–water partition coefficient (Wildman–Crippen LogP) is 6.61. The summed E-state index contributed by atoms with van der Waals surface area (Å²) in [4.78, 5) is 18.4. The van der Waals surface area contributed by atoms with Crippen molar-refractivity contribution < 1.29 is 13.9 Å². The van der Waals surface area contributed by atoms with Crippen molar-refractivity contribution in [2.75, 3.05) is 26.7 Å². The summed E-state index contributed by atoms with van der Waals surface area (Å²) < 4.78 is 20.5. The predicted molar refractivity (Wildman–Crippen MR) is 133 cm³/mol. The van der Waals surface area contributed by atoms with Gasteiger partial charge in [0.25, 0.3) is 0 Å². The summed E-state index contributed by atoms with van der Waals surface area (Å²) >= 11 is 3.59. The molecule has 0 aliphatic carbocycles. The lowest BCUT2D eigenvalue weighted by atomic mass is 9.93. The quantitative estimate of drug-likeness (QED) is 0.431. The number of benzene rings is 1. The molecule has 2 aromatic rings. The molecule has 32 heavy (non-hydrogen) atoms. The second-order valence-corrected chi connectivity index (χ2v) is 8.49. The average molecular weight is 503 g/mol. The van der Waals surface area contributed by atoms with Gasteiger partial charge in [0, 0.05) is 47.1 Å². The molecule has 3 rings (SSSR count). The number of rotatable bonds is 5. The summed E-state index contributed by atoms with van der Waals surface area (Å²) in [5.41, 5.74) is 5.93. The van der Waals surface area contributed by atoms with Crippen molar-refractivity contribution in [1.29, 1.82) is 0 Å². The van der Waals surface area contributed by atoms with Crippen LogP contribution in [0, 0.1) is 19.7 Å². The van der Waals surface area contributed by atoms with Crippen molar-refractivity contribution in [3.63, 3.8) is 0 Å². The van der Waals surface area contributed by atoms with Crippen LogP contribution in [-0.4, -0.2) is 42.6 Å². The first-order valence-corrected chi connectivity index (χ1v) is 11.7. The molecule has 6 heteroatoms. The molecule has 1 aromatic carbocycles. The molecule has 172 valence electrons. The first-order valence-electron chi connectivity index (χ1n) is 10.9. The Balaban J connectivity index is 0.00000176. The summed E-state index contributed by atoms with van der Waals surface area (Å²) in [6, 6.07) is 4.91. The number of carbonyl (C=O) groups is 1. The smallest absolute Gasteiger partial charge is 0.337 e. The molecule has 0 bridgehead atoms. The van der Waals surface area contributed by atoms with Gasteiger partial charge in [-0.15, -0.1) is 0 Å². The fourth-order valence-electron chi connectivity index (χ4n) is 3.83. The molecule has 0 saturated carbocycles. The van der Waals surface area contributed by atoms with Gasteiger partial charge < -0.3 is 4.74 Å². The van der Waals surface area contributed by atoms with Crippen LogP contribution in [0.5, 0.6) is 0 Å². The van der Waals surface area contributed by atoms with Crippen LogP contribution in [0.15, 0.2) is 40.5 Å². The van der Waals surface area contributed by atoms with Crippen LogP contribution < -0.4 is 0 Å². The number of carbonyl (C=O) groups excluding carboxylic acids is 1. The highest BCUT2D eigenvalue weighted by Gasteiger charge is 2.20. The van der Waals surface area contributed by atoms with E-state index in [2.05, 4.69) is 44.9 Å². The highest BCUT2D eigenvalue weighted by atomic mass is 79.9. The Labute approximate surface area is 199 Å². The number of nitrogens with zero attached hydrogens (tertiary/aromatic N) is 2. The lowest BCUT2D eigenvalue weighted by Crippen LogP contribution is -2.30. The molecule has 2 heterocycles. The summed E-state index contributed by atoms with van der Waals surface area (Å²) in [6.07, 6.45) is 6.81. The van der Waals surface area contributed by atoms with Gasteiger partial charge in [0.2, 0.25) is 0 Å². The summed E-state index contributed by atoms with van der Waals surface area (Å²) in [5.74, 6) is -0.895. The van der Waals surface area contributed by atoms with E-state index in [9.17, 15) is 9.18 Å². The lowest BCUT2D eigenvalue weighted by molar-refractivity contribution is 0.0600. The first-order chi connectivity index (χ1) is 15.3. The third-order valence-electron chi connectivity index (χ3n) is 5.32. The number of hydrogen-bond donors (Lipinski definition) is 0. The molecule has 1 aromatic heterocycles. The monoisotopic (exact) mass is 502 g/mol. The number of ether oxygens (including phenoxy) is 1. The summed E-state index contributed by atoms with van der Waals surface area (Å²) in [5, 5.41) is 0. The van der Waals surface area contributed by atoms with Gasteiger partial charge in [0.15, 0.2) is 0 Å². The number of methoxy groups -OCH3 is 1. The topological polar surface area (TPSA) is 42.4 Å². The van der Waals surface area contributed by atoms with Crippen molar-refractivity contribution in [3.05, 3.63) is 74.3 Å². The second-order valence-electron chi connectivity index (χ2n) is 7.64. The van der Waals surface area contributed by atoms with E-state index in [0.29, 0.717) is 5.56 Å². The van der Waals surface area contributed by atoms with E-state index in [-0.39, 0.29) is 11.4 Å². The van der Waals surface area contributed by atoms with E-state index < -0.39 is 5.97 Å². The van der Waals surface area contributed by atoms with Crippen LogP contribution in [-0.2, 0) is 4.74 Å². The van der Waals surface area contributed by atoms with Crippen LogP contribution in [0.2, 0.25) is 0 Å². The van der Waals surface area contributed by atoms with Crippen molar-refractivity contribution in [3.8, 4) is 0 Å². The maximum absolute atomic E-state index is 14.7. The van der Waals surface area contributed by atoms with Crippen molar-refractivity contribution >= 4 is 33.5 Å². The van der Waals surface area contributed by atoms with Crippen molar-refractivity contribution in [2.45, 2.75) is 41.0 Å². The van der Waals surface area contributed by atoms with E-state index in [1.54, 1.807) is 12.3 Å². The van der Waals surface area contributed by atoms with Crippen molar-refractivity contribution in [1.82, 2.24) is 9.88 Å². The molecule has 1 aliphatic heterocycles. The number of pyridine rings is 1. The minimum Gasteiger partial charge on any atom is -0.465 e. The van der Waals surface area contributed by atoms with Gasteiger partial charge >= 0.3 is 5.97 Å². The van der Waals surface area contributed by atoms with Gasteiger partial charge in [-0.05, 0) is 56.5 Å². The zero-order valence-corrected chi connectivity index (χ0v) is 21.3. The molecule has 0 spiro atoms. The highest BCUT2D eigenvalue weighted by Crippen LogP contribution is 2.29. The number of aromatic nitrogens is 1. The first kappa shape index (κ1) is 25.9. The Hall–Kier alpha value is -2.31. The SMILES string of the molecule is CC.COC(=O)c1cc(C)c(C2=CCN(C/C(C)=C/c3c(Br)ccnc3C)CC2)c(F)c1. The Morgan fingerprint density at radius 2 is 2.03 bits per heavy atom. The lowest BCUT2D eigenvalue weighted by Gasteiger charge is -2.27. The van der Waals surface area contributed by atoms with E-state index in [4.69, 9.17) is 4.74 Å². The Kier molecular flexibility index (Phi) is 9.79. The minimum absolute atomic E-state index is 0.243. The van der Waals surface area contributed by atoms with Gasteiger partial charge in [0.1, 0.15) is 5.82 Å². The standard InChI is InChI=1S/C24H26BrFN2O2.C2H6/c1-15(11-20-17(3)27-8-5-21(20)25)14-28-9-6-18(7-10-28)23-16(2)12-19(13-22(23)26)24(29)30-4;1-2/h5-6,8,11-13H,7,9-10,14H2,1-4H3;1-2H3/b15-11+;. The molecular weight excluding hydrogens is 471 g/mol. The number of halogens is 2. The molecule has 0 saturated heterocycles. The maximum atomic E-state index is 14.7. The molecule has 0 fully saturated rings. The minimum atomic E-state index is -0.523. The molecule has 0 amide bonds. The summed E-state index contributed by atoms with van der Waals surface area (Å²) in [6.45, 7) is 12.4. The third-order valence-corrected chi connectivity index (χ3v) is 6.01. The molecular formula is C26H32BrFN2O2. The number of aryl methyl sites for hydroxylation is 2. The Bertz CT molecular complexity index is 987. The van der Waals surface area contributed by atoms with Gasteiger partial charge in [-0.25, -0.2) is 9.18 Å². The maximum Gasteiger partial charge on any atom is 0.337 e. The highest BCUT2D eigenvalue weighted by molar-refractivity contribution is 9.10. The number of hydrogen-bond acceptors (Lipinski definition) is 4. The van der Waals surface area contributed by atoms with Crippen LogP contribution in [0.4, 0.5) is 4.39 Å². The fraction of sp³-hybridized carbons (Fsp3) is 0.385. The zero-order valence-electron chi connectivity index (χ0n) is 19.8. The molecule has 1 aliphatic rings. The second kappa shape index (κ2) is 12.1. The normalized spacial score (nSPS) is 14.4.